The number of carbonyl (C=O) groups excluding carboxylic acids is 1. The summed E-state index contributed by atoms with van der Waals surface area (Å²) in [5, 5.41) is 0. The van der Waals surface area contributed by atoms with Gasteiger partial charge in [0, 0.05) is 17.2 Å². The van der Waals surface area contributed by atoms with Crippen molar-refractivity contribution in [2.24, 2.45) is 0 Å². The zero-order valence-electron chi connectivity index (χ0n) is 7.94. The van der Waals surface area contributed by atoms with Crippen LogP contribution >= 0.6 is 15.9 Å². The number of nitrogens with zero attached hydrogens (tertiary/aromatic N) is 2. The zero-order valence-corrected chi connectivity index (χ0v) is 9.53. The van der Waals surface area contributed by atoms with Gasteiger partial charge in [-0.05, 0) is 22.0 Å². The minimum atomic E-state index is -0.0900. The van der Waals surface area contributed by atoms with Crippen LogP contribution in [0.25, 0.3) is 0 Å². The molecule has 0 saturated carbocycles. The van der Waals surface area contributed by atoms with E-state index in [1.165, 1.54) is 0 Å². The van der Waals surface area contributed by atoms with Crippen molar-refractivity contribution in [2.45, 2.75) is 0 Å². The number of halogens is 1. The smallest absolute Gasteiger partial charge is 0.253 e. The summed E-state index contributed by atoms with van der Waals surface area (Å²) in [4.78, 5) is 17.1. The van der Waals surface area contributed by atoms with Crippen molar-refractivity contribution in [2.75, 3.05) is 30.4 Å². The molecule has 1 fully saturated rings. The van der Waals surface area contributed by atoms with Crippen LogP contribution < -0.4 is 10.6 Å². The molecule has 0 bridgehead atoms. The number of aromatic nitrogens is 1. The first-order chi connectivity index (χ1) is 7.18. The predicted molar refractivity (Wildman–Crippen MR) is 59.5 cm³/mol. The Labute approximate surface area is 95.3 Å². The normalized spacial score (nSPS) is 16.9. The molecular weight excluding hydrogens is 262 g/mol. The van der Waals surface area contributed by atoms with Crippen LogP contribution in [0.5, 0.6) is 0 Å². The van der Waals surface area contributed by atoms with Gasteiger partial charge in [-0.3, -0.25) is 4.79 Å². The van der Waals surface area contributed by atoms with Crippen molar-refractivity contribution in [3.63, 3.8) is 0 Å². The van der Waals surface area contributed by atoms with Crippen LogP contribution in [0.15, 0.2) is 16.7 Å². The number of hydrogen-bond acceptors (Lipinski definition) is 4. The van der Waals surface area contributed by atoms with Crippen LogP contribution in [0.4, 0.5) is 11.5 Å². The van der Waals surface area contributed by atoms with E-state index in [-0.39, 0.29) is 12.5 Å². The lowest BCUT2D eigenvalue weighted by Crippen LogP contribution is -2.42. The van der Waals surface area contributed by atoms with E-state index in [9.17, 15) is 4.79 Å². The van der Waals surface area contributed by atoms with Gasteiger partial charge in [0.05, 0.1) is 12.3 Å². The van der Waals surface area contributed by atoms with E-state index in [0.29, 0.717) is 24.7 Å². The highest BCUT2D eigenvalue weighted by atomic mass is 79.9. The Morgan fingerprint density at radius 2 is 2.40 bits per heavy atom. The summed E-state index contributed by atoms with van der Waals surface area (Å²) < 4.78 is 5.84. The molecular formula is C9H10BrN3O2. The van der Waals surface area contributed by atoms with E-state index < -0.39 is 0 Å². The molecule has 2 N–H and O–H groups in total. The van der Waals surface area contributed by atoms with E-state index in [1.807, 2.05) is 0 Å². The number of morpholine rings is 1. The van der Waals surface area contributed by atoms with E-state index in [1.54, 1.807) is 17.2 Å². The first kappa shape index (κ1) is 10.4. The second kappa shape index (κ2) is 4.16. The van der Waals surface area contributed by atoms with Crippen molar-refractivity contribution >= 4 is 33.3 Å². The Hall–Kier alpha value is -1.14. The van der Waals surface area contributed by atoms with Crippen LogP contribution in [-0.4, -0.2) is 30.6 Å². The van der Waals surface area contributed by atoms with Gasteiger partial charge in [-0.1, -0.05) is 0 Å². The number of rotatable bonds is 1. The van der Waals surface area contributed by atoms with Gasteiger partial charge in [0.15, 0.2) is 0 Å². The van der Waals surface area contributed by atoms with Gasteiger partial charge in [-0.25, -0.2) is 4.98 Å². The molecule has 1 aliphatic rings. The van der Waals surface area contributed by atoms with Gasteiger partial charge in [0.1, 0.15) is 12.4 Å². The number of carbonyl (C=O) groups is 1. The molecule has 1 aromatic rings. The average Bonchev–Trinajstić information content (AvgIpc) is 2.23. The fourth-order valence-electron chi connectivity index (χ4n) is 1.43. The quantitative estimate of drug-likeness (QED) is 0.820. The lowest BCUT2D eigenvalue weighted by atomic mass is 10.3. The number of amides is 1. The highest BCUT2D eigenvalue weighted by Crippen LogP contribution is 2.25. The topological polar surface area (TPSA) is 68.4 Å². The summed E-state index contributed by atoms with van der Waals surface area (Å²) >= 11 is 3.30. The van der Waals surface area contributed by atoms with Gasteiger partial charge in [0.2, 0.25) is 0 Å². The van der Waals surface area contributed by atoms with Crippen LogP contribution in [0.2, 0.25) is 0 Å². The van der Waals surface area contributed by atoms with E-state index in [4.69, 9.17) is 10.5 Å². The van der Waals surface area contributed by atoms with Crippen LogP contribution in [0.1, 0.15) is 0 Å². The monoisotopic (exact) mass is 271 g/mol. The molecule has 2 rings (SSSR count). The number of ether oxygens (including phenoxy) is 1. The highest BCUT2D eigenvalue weighted by Gasteiger charge is 2.22. The number of nitrogens with two attached hydrogens (primary N) is 1. The summed E-state index contributed by atoms with van der Waals surface area (Å²) in [7, 11) is 0. The lowest BCUT2D eigenvalue weighted by molar-refractivity contribution is -0.125. The van der Waals surface area contributed by atoms with Crippen molar-refractivity contribution in [3.8, 4) is 0 Å². The highest BCUT2D eigenvalue weighted by molar-refractivity contribution is 9.10. The Morgan fingerprint density at radius 1 is 1.60 bits per heavy atom. The maximum atomic E-state index is 11.6. The SMILES string of the molecule is Nc1ncc(Br)cc1N1CCOCC1=O. The molecule has 0 aliphatic carbocycles. The van der Waals surface area contributed by atoms with Gasteiger partial charge in [-0.2, -0.15) is 0 Å². The van der Waals surface area contributed by atoms with Crippen molar-refractivity contribution < 1.29 is 9.53 Å². The Morgan fingerprint density at radius 3 is 3.13 bits per heavy atom. The van der Waals surface area contributed by atoms with Gasteiger partial charge < -0.3 is 15.4 Å². The number of hydrogen-bond donors (Lipinski definition) is 1. The summed E-state index contributed by atoms with van der Waals surface area (Å²) in [6.07, 6.45) is 1.60. The van der Waals surface area contributed by atoms with E-state index >= 15 is 0 Å². The van der Waals surface area contributed by atoms with Crippen molar-refractivity contribution in [1.82, 2.24) is 4.98 Å². The Bertz CT molecular complexity index is 397. The first-order valence-corrected chi connectivity index (χ1v) is 5.27. The molecule has 1 aliphatic heterocycles. The molecule has 0 unspecified atom stereocenters. The fourth-order valence-corrected chi connectivity index (χ4v) is 1.75. The molecule has 0 spiro atoms. The summed E-state index contributed by atoms with van der Waals surface area (Å²) in [6, 6.07) is 1.78. The maximum Gasteiger partial charge on any atom is 0.253 e. The van der Waals surface area contributed by atoms with Crippen molar-refractivity contribution in [3.05, 3.63) is 16.7 Å². The third kappa shape index (κ3) is 2.10. The largest absolute Gasteiger partial charge is 0.382 e. The van der Waals surface area contributed by atoms with E-state index in [0.717, 1.165) is 4.47 Å². The zero-order chi connectivity index (χ0) is 10.8. The third-order valence-corrected chi connectivity index (χ3v) is 2.57. The first-order valence-electron chi connectivity index (χ1n) is 4.47. The number of anilines is 2. The summed E-state index contributed by atoms with van der Waals surface area (Å²) in [5.74, 6) is 0.265. The second-order valence-corrected chi connectivity index (χ2v) is 4.07. The van der Waals surface area contributed by atoms with Crippen LogP contribution in [0, 0.1) is 0 Å². The molecule has 2 heterocycles. The fraction of sp³-hybridized carbons (Fsp3) is 0.333. The summed E-state index contributed by atoms with van der Waals surface area (Å²) in [6.45, 7) is 1.14. The lowest BCUT2D eigenvalue weighted by Gasteiger charge is -2.27. The average molecular weight is 272 g/mol. The molecule has 6 heteroatoms. The second-order valence-electron chi connectivity index (χ2n) is 3.16. The van der Waals surface area contributed by atoms with Crippen LogP contribution in [0.3, 0.4) is 0 Å². The van der Waals surface area contributed by atoms with Crippen LogP contribution in [-0.2, 0) is 9.53 Å². The van der Waals surface area contributed by atoms with Gasteiger partial charge in [0.25, 0.3) is 5.91 Å². The molecule has 15 heavy (non-hydrogen) atoms. The molecule has 80 valence electrons. The number of pyridine rings is 1. The minimum Gasteiger partial charge on any atom is -0.382 e. The molecule has 1 saturated heterocycles. The molecule has 0 atom stereocenters. The van der Waals surface area contributed by atoms with E-state index in [2.05, 4.69) is 20.9 Å². The number of nitrogen functional groups attached to an aromatic ring is 1. The molecule has 5 nitrogen and oxygen atoms in total. The third-order valence-electron chi connectivity index (χ3n) is 2.14. The molecule has 0 aromatic carbocycles. The van der Waals surface area contributed by atoms with Gasteiger partial charge in [-0.15, -0.1) is 0 Å². The standard InChI is InChI=1S/C9H10BrN3O2/c10-6-3-7(9(11)12-4-6)13-1-2-15-5-8(13)14/h3-4H,1-2,5H2,(H2,11,12). The molecule has 1 amide bonds. The Kier molecular flexibility index (Phi) is 2.88. The van der Waals surface area contributed by atoms with Crippen molar-refractivity contribution in [1.29, 1.82) is 0 Å². The predicted octanol–water partition coefficient (Wildman–Crippen LogP) is 0.790. The Balaban J connectivity index is 2.34. The minimum absolute atomic E-state index is 0.0900. The van der Waals surface area contributed by atoms with Gasteiger partial charge >= 0.3 is 0 Å². The summed E-state index contributed by atoms with van der Waals surface area (Å²) in [5.41, 5.74) is 6.35. The molecule has 0 radical (unpaired) electrons. The molecule has 1 aromatic heterocycles. The maximum absolute atomic E-state index is 11.6.